The van der Waals surface area contributed by atoms with Crippen molar-refractivity contribution in [2.24, 2.45) is 0 Å². The fraction of sp³-hybridized carbons (Fsp3) is 0.294. The molecule has 21 heavy (non-hydrogen) atoms. The standard InChI is InChI=1S/C17H18N4/c1-2-6-14-13(5-1)8-9-15(14)18-11-10-17-20-19-16-7-3-4-12-21(16)17/h1-7,12,15,18H,8-11H2. The third-order valence-corrected chi connectivity index (χ3v) is 4.26. The van der Waals surface area contributed by atoms with Gasteiger partial charge in [0.15, 0.2) is 5.65 Å². The van der Waals surface area contributed by atoms with E-state index >= 15 is 0 Å². The lowest BCUT2D eigenvalue weighted by Crippen LogP contribution is -2.22. The van der Waals surface area contributed by atoms with Crippen molar-refractivity contribution in [3.8, 4) is 0 Å². The highest BCUT2D eigenvalue weighted by Crippen LogP contribution is 2.30. The molecule has 0 saturated heterocycles. The van der Waals surface area contributed by atoms with Crippen LogP contribution < -0.4 is 5.32 Å². The van der Waals surface area contributed by atoms with Crippen molar-refractivity contribution in [1.29, 1.82) is 0 Å². The molecule has 2 heterocycles. The van der Waals surface area contributed by atoms with Gasteiger partial charge in [0.2, 0.25) is 0 Å². The summed E-state index contributed by atoms with van der Waals surface area (Å²) in [7, 11) is 0. The smallest absolute Gasteiger partial charge is 0.160 e. The highest BCUT2D eigenvalue weighted by molar-refractivity contribution is 5.37. The second-order valence-electron chi connectivity index (χ2n) is 5.54. The van der Waals surface area contributed by atoms with Gasteiger partial charge in [-0.3, -0.25) is 4.40 Å². The molecule has 0 radical (unpaired) electrons. The quantitative estimate of drug-likeness (QED) is 0.797. The van der Waals surface area contributed by atoms with Crippen molar-refractivity contribution in [2.75, 3.05) is 6.54 Å². The average Bonchev–Trinajstić information content (AvgIpc) is 3.13. The molecule has 4 rings (SSSR count). The van der Waals surface area contributed by atoms with E-state index < -0.39 is 0 Å². The van der Waals surface area contributed by atoms with Crippen molar-refractivity contribution < 1.29 is 0 Å². The molecule has 1 aliphatic carbocycles. The molecule has 0 bridgehead atoms. The lowest BCUT2D eigenvalue weighted by Gasteiger charge is -2.13. The zero-order valence-electron chi connectivity index (χ0n) is 11.9. The first-order valence-corrected chi connectivity index (χ1v) is 7.51. The lowest BCUT2D eigenvalue weighted by molar-refractivity contribution is 0.528. The molecule has 1 aromatic carbocycles. The zero-order valence-corrected chi connectivity index (χ0v) is 11.9. The van der Waals surface area contributed by atoms with Crippen LogP contribution in [-0.2, 0) is 12.8 Å². The molecule has 0 aliphatic heterocycles. The number of hydrogen-bond donors (Lipinski definition) is 1. The van der Waals surface area contributed by atoms with Gasteiger partial charge < -0.3 is 5.32 Å². The Kier molecular flexibility index (Phi) is 3.16. The first kappa shape index (κ1) is 12.5. The van der Waals surface area contributed by atoms with E-state index in [2.05, 4.69) is 44.2 Å². The molecule has 1 aliphatic rings. The maximum Gasteiger partial charge on any atom is 0.160 e. The molecule has 106 valence electrons. The van der Waals surface area contributed by atoms with Crippen molar-refractivity contribution in [3.63, 3.8) is 0 Å². The summed E-state index contributed by atoms with van der Waals surface area (Å²) in [6.45, 7) is 0.925. The van der Waals surface area contributed by atoms with Crippen LogP contribution >= 0.6 is 0 Å². The number of aromatic nitrogens is 3. The maximum absolute atomic E-state index is 4.28. The fourth-order valence-electron chi connectivity index (χ4n) is 3.19. The zero-order chi connectivity index (χ0) is 14.1. The number of nitrogens with one attached hydrogen (secondary N) is 1. The number of benzene rings is 1. The van der Waals surface area contributed by atoms with Crippen LogP contribution in [0.15, 0.2) is 48.7 Å². The summed E-state index contributed by atoms with van der Waals surface area (Å²) >= 11 is 0. The Morgan fingerprint density at radius 1 is 1.10 bits per heavy atom. The van der Waals surface area contributed by atoms with E-state index in [1.807, 2.05) is 24.4 Å². The van der Waals surface area contributed by atoms with Gasteiger partial charge in [-0.2, -0.15) is 0 Å². The van der Waals surface area contributed by atoms with Crippen LogP contribution in [0, 0.1) is 0 Å². The van der Waals surface area contributed by atoms with Crippen LogP contribution in [0.1, 0.15) is 29.4 Å². The van der Waals surface area contributed by atoms with Gasteiger partial charge >= 0.3 is 0 Å². The maximum atomic E-state index is 4.28. The van der Waals surface area contributed by atoms with Crippen molar-refractivity contribution in [2.45, 2.75) is 25.3 Å². The molecule has 4 nitrogen and oxygen atoms in total. The molecule has 0 spiro atoms. The van der Waals surface area contributed by atoms with Crippen molar-refractivity contribution >= 4 is 5.65 Å². The van der Waals surface area contributed by atoms with E-state index in [-0.39, 0.29) is 0 Å². The summed E-state index contributed by atoms with van der Waals surface area (Å²) in [6.07, 6.45) is 5.29. The molecule has 0 saturated carbocycles. The molecular weight excluding hydrogens is 260 g/mol. The molecule has 0 amide bonds. The Morgan fingerprint density at radius 3 is 3.00 bits per heavy atom. The Hall–Kier alpha value is -2.20. The third kappa shape index (κ3) is 2.32. The molecule has 2 aromatic heterocycles. The number of pyridine rings is 1. The summed E-state index contributed by atoms with van der Waals surface area (Å²) in [5.74, 6) is 1.02. The van der Waals surface area contributed by atoms with Crippen LogP contribution in [-0.4, -0.2) is 21.1 Å². The Morgan fingerprint density at radius 2 is 2.00 bits per heavy atom. The molecule has 0 fully saturated rings. The van der Waals surface area contributed by atoms with Gasteiger partial charge in [-0.05, 0) is 36.1 Å². The van der Waals surface area contributed by atoms with E-state index in [1.54, 1.807) is 0 Å². The minimum absolute atomic E-state index is 0.486. The van der Waals surface area contributed by atoms with Gasteiger partial charge in [0, 0.05) is 25.2 Å². The summed E-state index contributed by atoms with van der Waals surface area (Å²) < 4.78 is 2.06. The largest absolute Gasteiger partial charge is 0.309 e. The topological polar surface area (TPSA) is 42.2 Å². The number of fused-ring (bicyclic) bond motifs is 2. The highest BCUT2D eigenvalue weighted by atomic mass is 15.2. The van der Waals surface area contributed by atoms with Crippen LogP contribution in [0.25, 0.3) is 5.65 Å². The monoisotopic (exact) mass is 278 g/mol. The normalized spacial score (nSPS) is 17.2. The van der Waals surface area contributed by atoms with Gasteiger partial charge in [-0.25, -0.2) is 0 Å². The number of hydrogen-bond acceptors (Lipinski definition) is 3. The second-order valence-corrected chi connectivity index (χ2v) is 5.54. The minimum Gasteiger partial charge on any atom is -0.309 e. The van der Waals surface area contributed by atoms with E-state index in [1.165, 1.54) is 24.0 Å². The van der Waals surface area contributed by atoms with E-state index in [0.29, 0.717) is 6.04 Å². The molecule has 3 aromatic rings. The van der Waals surface area contributed by atoms with Gasteiger partial charge in [-0.1, -0.05) is 30.3 Å². The fourth-order valence-corrected chi connectivity index (χ4v) is 3.19. The molecular formula is C17H18N4. The Labute approximate surface area is 123 Å². The van der Waals surface area contributed by atoms with E-state index in [4.69, 9.17) is 0 Å². The minimum atomic E-state index is 0.486. The Balaban J connectivity index is 1.42. The summed E-state index contributed by atoms with van der Waals surface area (Å²) in [5, 5.41) is 12.1. The predicted molar refractivity (Wildman–Crippen MR) is 82.2 cm³/mol. The van der Waals surface area contributed by atoms with Crippen LogP contribution in [0.3, 0.4) is 0 Å². The van der Waals surface area contributed by atoms with E-state index in [0.717, 1.165) is 24.4 Å². The SMILES string of the molecule is c1ccc2c(c1)CCC2NCCc1nnc2ccccn12. The molecule has 1 atom stereocenters. The van der Waals surface area contributed by atoms with Crippen molar-refractivity contribution in [3.05, 3.63) is 65.6 Å². The molecule has 1 N–H and O–H groups in total. The average molecular weight is 278 g/mol. The van der Waals surface area contributed by atoms with E-state index in [9.17, 15) is 0 Å². The molecule has 1 unspecified atom stereocenters. The number of aryl methyl sites for hydroxylation is 1. The predicted octanol–water partition coefficient (Wildman–Crippen LogP) is 2.55. The van der Waals surface area contributed by atoms with Crippen molar-refractivity contribution in [1.82, 2.24) is 19.9 Å². The van der Waals surface area contributed by atoms with Crippen LogP contribution in [0.5, 0.6) is 0 Å². The van der Waals surface area contributed by atoms with Gasteiger partial charge in [0.25, 0.3) is 0 Å². The third-order valence-electron chi connectivity index (χ3n) is 4.26. The summed E-state index contributed by atoms with van der Waals surface area (Å²) in [6, 6.07) is 15.2. The summed E-state index contributed by atoms with van der Waals surface area (Å²) in [5.41, 5.74) is 3.87. The Bertz CT molecular complexity index is 762. The first-order valence-electron chi connectivity index (χ1n) is 7.51. The lowest BCUT2D eigenvalue weighted by atomic mass is 10.1. The van der Waals surface area contributed by atoms with Gasteiger partial charge in [0.05, 0.1) is 0 Å². The highest BCUT2D eigenvalue weighted by Gasteiger charge is 2.21. The van der Waals surface area contributed by atoms with Gasteiger partial charge in [0.1, 0.15) is 5.82 Å². The number of nitrogens with zero attached hydrogens (tertiary/aromatic N) is 3. The van der Waals surface area contributed by atoms with Crippen LogP contribution in [0.4, 0.5) is 0 Å². The molecule has 4 heteroatoms. The van der Waals surface area contributed by atoms with Crippen LogP contribution in [0.2, 0.25) is 0 Å². The number of rotatable bonds is 4. The summed E-state index contributed by atoms with van der Waals surface area (Å²) in [4.78, 5) is 0. The first-order chi connectivity index (χ1) is 10.4. The second kappa shape index (κ2) is 5.30. The van der Waals surface area contributed by atoms with Gasteiger partial charge in [-0.15, -0.1) is 10.2 Å².